The summed E-state index contributed by atoms with van der Waals surface area (Å²) in [5.74, 6) is -0.152. The number of rotatable bonds is 3. The summed E-state index contributed by atoms with van der Waals surface area (Å²) in [6, 6.07) is 14.8. The highest BCUT2D eigenvalue weighted by Crippen LogP contribution is 2.32. The Morgan fingerprint density at radius 2 is 1.74 bits per heavy atom. The molecule has 0 N–H and O–H groups in total. The first-order valence-corrected chi connectivity index (χ1v) is 9.15. The number of benzene rings is 2. The molecule has 0 saturated heterocycles. The molecule has 0 saturated carbocycles. The van der Waals surface area contributed by atoms with Gasteiger partial charge in [0.05, 0.1) is 10.9 Å². The van der Waals surface area contributed by atoms with Gasteiger partial charge < -0.3 is 4.90 Å². The van der Waals surface area contributed by atoms with Gasteiger partial charge in [0.2, 0.25) is 5.91 Å². The zero-order chi connectivity index (χ0) is 19.1. The molecule has 2 aromatic carbocycles. The lowest BCUT2D eigenvalue weighted by molar-refractivity contribution is -0.119. The van der Waals surface area contributed by atoms with E-state index in [4.69, 9.17) is 0 Å². The standard InChI is InChI=1S/C21H21N3O3/c1-3-22-20(26)16-9-5-7-11-18(16)23(21(22)27)13-19(25)24-14(2)12-15-8-4-6-10-17(15)24/h4-11,14H,3,12-13H2,1-2H3/t14-/m0/s1. The fourth-order valence-corrected chi connectivity index (χ4v) is 3.96. The predicted molar refractivity (Wildman–Crippen MR) is 105 cm³/mol. The third kappa shape index (κ3) is 2.68. The number of nitrogens with zero attached hydrogens (tertiary/aromatic N) is 3. The summed E-state index contributed by atoms with van der Waals surface area (Å²) in [5.41, 5.74) is 1.76. The van der Waals surface area contributed by atoms with Gasteiger partial charge in [-0.2, -0.15) is 0 Å². The van der Waals surface area contributed by atoms with Crippen LogP contribution in [0.4, 0.5) is 5.69 Å². The van der Waals surface area contributed by atoms with Crippen LogP contribution in [-0.4, -0.2) is 21.1 Å². The van der Waals surface area contributed by atoms with Gasteiger partial charge in [0.25, 0.3) is 5.56 Å². The Morgan fingerprint density at radius 1 is 1.04 bits per heavy atom. The number of carbonyl (C=O) groups excluding carboxylic acids is 1. The molecule has 0 unspecified atom stereocenters. The first-order chi connectivity index (χ1) is 13.0. The third-order valence-electron chi connectivity index (χ3n) is 5.22. The summed E-state index contributed by atoms with van der Waals surface area (Å²) < 4.78 is 2.59. The number of hydrogen-bond donors (Lipinski definition) is 0. The Hall–Kier alpha value is -3.15. The molecule has 1 aliphatic heterocycles. The first-order valence-electron chi connectivity index (χ1n) is 9.15. The molecule has 1 amide bonds. The smallest absolute Gasteiger partial charge is 0.307 e. The molecule has 1 aromatic heterocycles. The second-order valence-corrected chi connectivity index (χ2v) is 6.88. The highest BCUT2D eigenvalue weighted by molar-refractivity contribution is 5.96. The van der Waals surface area contributed by atoms with E-state index in [2.05, 4.69) is 0 Å². The highest BCUT2D eigenvalue weighted by atomic mass is 16.2. The minimum Gasteiger partial charge on any atom is -0.307 e. The average Bonchev–Trinajstić information content (AvgIpc) is 3.01. The SMILES string of the molecule is CCn1c(=O)c2ccccc2n(CC(=O)N2c3ccccc3C[C@@H]2C)c1=O. The fourth-order valence-electron chi connectivity index (χ4n) is 3.96. The minimum atomic E-state index is -0.449. The summed E-state index contributed by atoms with van der Waals surface area (Å²) >= 11 is 0. The zero-order valence-corrected chi connectivity index (χ0v) is 15.4. The van der Waals surface area contributed by atoms with Gasteiger partial charge in [-0.25, -0.2) is 4.79 Å². The largest absolute Gasteiger partial charge is 0.331 e. The van der Waals surface area contributed by atoms with E-state index in [9.17, 15) is 14.4 Å². The molecule has 6 heteroatoms. The Bertz CT molecular complexity index is 1160. The molecule has 0 bridgehead atoms. The van der Waals surface area contributed by atoms with Crippen LogP contribution in [0.25, 0.3) is 10.9 Å². The maximum Gasteiger partial charge on any atom is 0.331 e. The van der Waals surface area contributed by atoms with Crippen molar-refractivity contribution in [1.29, 1.82) is 0 Å². The van der Waals surface area contributed by atoms with E-state index in [1.54, 1.807) is 36.1 Å². The molecule has 3 aromatic rings. The monoisotopic (exact) mass is 363 g/mol. The molecular formula is C21H21N3O3. The van der Waals surface area contributed by atoms with Crippen LogP contribution in [0.2, 0.25) is 0 Å². The molecule has 27 heavy (non-hydrogen) atoms. The Balaban J connectivity index is 1.82. The fraction of sp³-hybridized carbons (Fsp3) is 0.286. The summed E-state index contributed by atoms with van der Waals surface area (Å²) in [7, 11) is 0. The molecule has 0 aliphatic carbocycles. The van der Waals surface area contributed by atoms with E-state index in [0.717, 1.165) is 17.7 Å². The number of carbonyl (C=O) groups is 1. The number of amides is 1. The van der Waals surface area contributed by atoms with Gasteiger partial charge in [-0.05, 0) is 44.0 Å². The van der Waals surface area contributed by atoms with Crippen LogP contribution in [0.3, 0.4) is 0 Å². The van der Waals surface area contributed by atoms with Crippen LogP contribution in [0, 0.1) is 0 Å². The van der Waals surface area contributed by atoms with Crippen molar-refractivity contribution in [2.24, 2.45) is 0 Å². The molecule has 2 heterocycles. The van der Waals surface area contributed by atoms with Gasteiger partial charge in [0.1, 0.15) is 6.54 Å². The van der Waals surface area contributed by atoms with E-state index in [1.807, 2.05) is 31.2 Å². The minimum absolute atomic E-state index is 0.0361. The highest BCUT2D eigenvalue weighted by Gasteiger charge is 2.31. The summed E-state index contributed by atoms with van der Waals surface area (Å²) in [5, 5.41) is 0.446. The molecule has 138 valence electrons. The lowest BCUT2D eigenvalue weighted by Gasteiger charge is -2.24. The molecule has 6 nitrogen and oxygen atoms in total. The number of anilines is 1. The van der Waals surface area contributed by atoms with Gasteiger partial charge in [0.15, 0.2) is 0 Å². The lowest BCUT2D eigenvalue weighted by Crippen LogP contribution is -2.44. The number of hydrogen-bond acceptors (Lipinski definition) is 3. The zero-order valence-electron chi connectivity index (χ0n) is 15.4. The predicted octanol–water partition coefficient (Wildman–Crippen LogP) is 2.16. The molecule has 1 aliphatic rings. The van der Waals surface area contributed by atoms with Gasteiger partial charge in [-0.1, -0.05) is 30.3 Å². The number of aromatic nitrogens is 2. The van der Waals surface area contributed by atoms with E-state index in [-0.39, 0.29) is 30.6 Å². The summed E-state index contributed by atoms with van der Waals surface area (Å²) in [4.78, 5) is 40.3. The number of para-hydroxylation sites is 2. The molecule has 0 spiro atoms. The van der Waals surface area contributed by atoms with Crippen LogP contribution in [0.5, 0.6) is 0 Å². The Labute approximate surface area is 156 Å². The summed E-state index contributed by atoms with van der Waals surface area (Å²) in [6.07, 6.45) is 0.798. The quantitative estimate of drug-likeness (QED) is 0.716. The molecular weight excluding hydrogens is 342 g/mol. The third-order valence-corrected chi connectivity index (χ3v) is 5.22. The first kappa shape index (κ1) is 17.3. The van der Waals surface area contributed by atoms with E-state index in [1.165, 1.54) is 9.13 Å². The van der Waals surface area contributed by atoms with Gasteiger partial charge >= 0.3 is 5.69 Å². The van der Waals surface area contributed by atoms with Crippen LogP contribution in [0.1, 0.15) is 19.4 Å². The van der Waals surface area contributed by atoms with Gasteiger partial charge in [-0.3, -0.25) is 18.7 Å². The Morgan fingerprint density at radius 3 is 2.52 bits per heavy atom. The lowest BCUT2D eigenvalue weighted by atomic mass is 10.1. The van der Waals surface area contributed by atoms with Crippen molar-refractivity contribution >= 4 is 22.5 Å². The van der Waals surface area contributed by atoms with Crippen LogP contribution in [-0.2, 0) is 24.3 Å². The van der Waals surface area contributed by atoms with Crippen molar-refractivity contribution in [2.75, 3.05) is 4.90 Å². The van der Waals surface area contributed by atoms with Gasteiger partial charge in [-0.15, -0.1) is 0 Å². The molecule has 1 atom stereocenters. The van der Waals surface area contributed by atoms with Gasteiger partial charge in [0, 0.05) is 18.3 Å². The van der Waals surface area contributed by atoms with Crippen LogP contribution < -0.4 is 16.1 Å². The van der Waals surface area contributed by atoms with Crippen LogP contribution >= 0.6 is 0 Å². The van der Waals surface area contributed by atoms with E-state index < -0.39 is 5.69 Å². The maximum absolute atomic E-state index is 13.1. The van der Waals surface area contributed by atoms with Crippen molar-refractivity contribution in [3.63, 3.8) is 0 Å². The summed E-state index contributed by atoms with van der Waals surface area (Å²) in [6.45, 7) is 3.92. The van der Waals surface area contributed by atoms with E-state index in [0.29, 0.717) is 10.9 Å². The maximum atomic E-state index is 13.1. The van der Waals surface area contributed by atoms with Crippen molar-refractivity contribution in [3.05, 3.63) is 74.9 Å². The van der Waals surface area contributed by atoms with Crippen molar-refractivity contribution in [2.45, 2.75) is 39.4 Å². The van der Waals surface area contributed by atoms with E-state index >= 15 is 0 Å². The molecule has 4 rings (SSSR count). The molecule has 0 radical (unpaired) electrons. The number of fused-ring (bicyclic) bond motifs is 2. The average molecular weight is 363 g/mol. The van der Waals surface area contributed by atoms with Crippen molar-refractivity contribution in [3.8, 4) is 0 Å². The topological polar surface area (TPSA) is 64.3 Å². The van der Waals surface area contributed by atoms with Crippen molar-refractivity contribution in [1.82, 2.24) is 9.13 Å². The second-order valence-electron chi connectivity index (χ2n) is 6.88. The normalized spacial score (nSPS) is 15.9. The Kier molecular flexibility index (Phi) is 4.18. The molecule has 0 fully saturated rings. The van der Waals surface area contributed by atoms with Crippen LogP contribution in [0.15, 0.2) is 58.1 Å². The van der Waals surface area contributed by atoms with Crippen molar-refractivity contribution < 1.29 is 4.79 Å². The second kappa shape index (κ2) is 6.54.